The maximum Gasteiger partial charge on any atom is 0.280 e. The van der Waals surface area contributed by atoms with Crippen molar-refractivity contribution in [3.8, 4) is 0 Å². The summed E-state index contributed by atoms with van der Waals surface area (Å²) in [5, 5.41) is 0.261. The van der Waals surface area contributed by atoms with Crippen molar-refractivity contribution in [3.63, 3.8) is 0 Å². The quantitative estimate of drug-likeness (QED) is 0.351. The van der Waals surface area contributed by atoms with E-state index in [1.165, 1.54) is 6.07 Å². The topological polar surface area (TPSA) is 30.0 Å². The maximum absolute atomic E-state index is 12.5. The van der Waals surface area contributed by atoms with Gasteiger partial charge in [-0.15, -0.1) is 0 Å². The highest BCUT2D eigenvalue weighted by molar-refractivity contribution is 14.1. The van der Waals surface area contributed by atoms with E-state index in [1.54, 1.807) is 22.6 Å². The standard InChI is InChI=1S/C8H5BrF2INO/c9-2-4-1-5(3-14)8(12)13-6(4)7(10)11/h1,3,7H,2H2. The van der Waals surface area contributed by atoms with Crippen LogP contribution in [-0.4, -0.2) is 11.3 Å². The average Bonchev–Trinajstić information content (AvgIpc) is 2.17. The molecule has 1 aromatic heterocycles. The smallest absolute Gasteiger partial charge is 0.280 e. The molecule has 0 aliphatic rings. The summed E-state index contributed by atoms with van der Waals surface area (Å²) in [4.78, 5) is 14.2. The minimum atomic E-state index is -2.61. The summed E-state index contributed by atoms with van der Waals surface area (Å²) >= 11 is 4.83. The van der Waals surface area contributed by atoms with Gasteiger partial charge in [-0.3, -0.25) is 4.79 Å². The Bertz CT molecular complexity index is 359. The van der Waals surface area contributed by atoms with E-state index in [-0.39, 0.29) is 11.0 Å². The second-order valence-electron chi connectivity index (χ2n) is 2.46. The van der Waals surface area contributed by atoms with E-state index in [9.17, 15) is 13.6 Å². The van der Waals surface area contributed by atoms with E-state index in [2.05, 4.69) is 20.9 Å². The molecule has 0 atom stereocenters. The SMILES string of the molecule is O=Cc1cc(CBr)c(C(F)F)nc1I. The first-order chi connectivity index (χ1) is 6.60. The summed E-state index contributed by atoms with van der Waals surface area (Å²) < 4.78 is 25.2. The van der Waals surface area contributed by atoms with E-state index in [0.29, 0.717) is 21.1 Å². The molecule has 0 radical (unpaired) electrons. The third-order valence-corrected chi connectivity index (χ3v) is 3.06. The number of nitrogens with zero attached hydrogens (tertiary/aromatic N) is 1. The second kappa shape index (κ2) is 5.11. The van der Waals surface area contributed by atoms with Crippen LogP contribution < -0.4 is 0 Å². The van der Waals surface area contributed by atoms with Crippen LogP contribution in [0.1, 0.15) is 28.0 Å². The number of hydrogen-bond donors (Lipinski definition) is 0. The maximum atomic E-state index is 12.5. The molecule has 0 aliphatic carbocycles. The normalized spacial score (nSPS) is 10.6. The molecule has 0 fully saturated rings. The van der Waals surface area contributed by atoms with Gasteiger partial charge in [0.1, 0.15) is 9.39 Å². The number of hydrogen-bond acceptors (Lipinski definition) is 2. The van der Waals surface area contributed by atoms with Gasteiger partial charge in [0, 0.05) is 10.9 Å². The molecule has 0 amide bonds. The highest BCUT2D eigenvalue weighted by Crippen LogP contribution is 2.25. The van der Waals surface area contributed by atoms with E-state index in [1.807, 2.05) is 0 Å². The molecular weight excluding hydrogens is 371 g/mol. The Kier molecular flexibility index (Phi) is 4.36. The van der Waals surface area contributed by atoms with Crippen LogP contribution in [0, 0.1) is 3.70 Å². The van der Waals surface area contributed by atoms with Crippen LogP contribution in [0.3, 0.4) is 0 Å². The Hall–Kier alpha value is -0.110. The van der Waals surface area contributed by atoms with E-state index < -0.39 is 6.43 Å². The van der Waals surface area contributed by atoms with Crippen LogP contribution in [-0.2, 0) is 5.33 Å². The Balaban J connectivity index is 3.31. The van der Waals surface area contributed by atoms with Crippen molar-refractivity contribution in [2.45, 2.75) is 11.8 Å². The van der Waals surface area contributed by atoms with Gasteiger partial charge < -0.3 is 0 Å². The van der Waals surface area contributed by atoms with Crippen LogP contribution in [0.15, 0.2) is 6.07 Å². The Morgan fingerprint density at radius 3 is 2.71 bits per heavy atom. The summed E-state index contributed by atoms with van der Waals surface area (Å²) in [6.45, 7) is 0. The first-order valence-electron chi connectivity index (χ1n) is 3.58. The summed E-state index contributed by atoms with van der Waals surface area (Å²) in [6, 6.07) is 1.43. The average molecular weight is 376 g/mol. The molecule has 0 N–H and O–H groups in total. The highest BCUT2D eigenvalue weighted by atomic mass is 127. The Morgan fingerprint density at radius 2 is 2.29 bits per heavy atom. The summed E-state index contributed by atoms with van der Waals surface area (Å²) in [5.74, 6) is 0. The third kappa shape index (κ3) is 2.47. The van der Waals surface area contributed by atoms with Crippen molar-refractivity contribution in [1.29, 1.82) is 0 Å². The first kappa shape index (κ1) is 12.0. The number of alkyl halides is 3. The van der Waals surface area contributed by atoms with Gasteiger partial charge in [-0.05, 0) is 34.2 Å². The fourth-order valence-corrected chi connectivity index (χ4v) is 1.93. The molecule has 1 aromatic rings. The second-order valence-corrected chi connectivity index (χ2v) is 4.05. The predicted molar refractivity (Wildman–Crippen MR) is 59.9 cm³/mol. The van der Waals surface area contributed by atoms with E-state index >= 15 is 0 Å². The fraction of sp³-hybridized carbons (Fsp3) is 0.250. The van der Waals surface area contributed by atoms with Gasteiger partial charge in [0.15, 0.2) is 6.29 Å². The van der Waals surface area contributed by atoms with Gasteiger partial charge in [-0.1, -0.05) is 15.9 Å². The van der Waals surface area contributed by atoms with Gasteiger partial charge in [0.2, 0.25) is 0 Å². The van der Waals surface area contributed by atoms with Crippen LogP contribution in [0.5, 0.6) is 0 Å². The molecule has 0 aromatic carbocycles. The lowest BCUT2D eigenvalue weighted by atomic mass is 10.2. The molecule has 1 rings (SSSR count). The number of pyridine rings is 1. The molecular formula is C8H5BrF2INO. The van der Waals surface area contributed by atoms with Crippen LogP contribution in [0.4, 0.5) is 8.78 Å². The zero-order chi connectivity index (χ0) is 10.7. The molecule has 0 spiro atoms. The predicted octanol–water partition coefficient (Wildman–Crippen LogP) is 3.33. The number of aldehydes is 1. The molecule has 0 saturated carbocycles. The van der Waals surface area contributed by atoms with Gasteiger partial charge >= 0.3 is 0 Å². The molecule has 0 bridgehead atoms. The zero-order valence-corrected chi connectivity index (χ0v) is 10.5. The Morgan fingerprint density at radius 1 is 1.64 bits per heavy atom. The molecule has 1 heterocycles. The zero-order valence-electron chi connectivity index (χ0n) is 6.81. The number of carbonyl (C=O) groups is 1. The summed E-state index contributed by atoms with van der Waals surface area (Å²) in [6.07, 6.45) is -2.01. The first-order valence-corrected chi connectivity index (χ1v) is 5.78. The minimum Gasteiger partial charge on any atom is -0.298 e. The van der Waals surface area contributed by atoms with Crippen molar-refractivity contribution < 1.29 is 13.6 Å². The van der Waals surface area contributed by atoms with Gasteiger partial charge in [-0.25, -0.2) is 13.8 Å². The lowest BCUT2D eigenvalue weighted by Gasteiger charge is -2.07. The van der Waals surface area contributed by atoms with Crippen molar-refractivity contribution in [2.24, 2.45) is 0 Å². The number of rotatable bonds is 3. The molecule has 0 unspecified atom stereocenters. The molecule has 14 heavy (non-hydrogen) atoms. The van der Waals surface area contributed by atoms with Crippen LogP contribution in [0.25, 0.3) is 0 Å². The van der Waals surface area contributed by atoms with Crippen molar-refractivity contribution in [2.75, 3.05) is 0 Å². The monoisotopic (exact) mass is 375 g/mol. The number of carbonyl (C=O) groups excluding carboxylic acids is 1. The van der Waals surface area contributed by atoms with Crippen LogP contribution >= 0.6 is 38.5 Å². The largest absolute Gasteiger partial charge is 0.298 e. The molecule has 0 aliphatic heterocycles. The Labute approximate surface area is 101 Å². The molecule has 0 saturated heterocycles. The van der Waals surface area contributed by atoms with Gasteiger partial charge in [0.05, 0.1) is 0 Å². The molecule has 76 valence electrons. The van der Waals surface area contributed by atoms with Crippen molar-refractivity contribution in [1.82, 2.24) is 4.98 Å². The lowest BCUT2D eigenvalue weighted by molar-refractivity contribution is 0.112. The van der Waals surface area contributed by atoms with E-state index in [0.717, 1.165) is 0 Å². The highest BCUT2D eigenvalue weighted by Gasteiger charge is 2.16. The summed E-state index contributed by atoms with van der Waals surface area (Å²) in [7, 11) is 0. The number of halogens is 4. The lowest BCUT2D eigenvalue weighted by Crippen LogP contribution is -2.02. The number of aromatic nitrogens is 1. The molecule has 6 heteroatoms. The summed E-state index contributed by atoms with van der Waals surface area (Å²) in [5.41, 5.74) is 0.420. The third-order valence-electron chi connectivity index (χ3n) is 1.59. The van der Waals surface area contributed by atoms with Gasteiger partial charge in [0.25, 0.3) is 6.43 Å². The fourth-order valence-electron chi connectivity index (χ4n) is 0.942. The van der Waals surface area contributed by atoms with Crippen LogP contribution in [0.2, 0.25) is 0 Å². The van der Waals surface area contributed by atoms with Crippen molar-refractivity contribution in [3.05, 3.63) is 26.6 Å². The van der Waals surface area contributed by atoms with Gasteiger partial charge in [-0.2, -0.15) is 0 Å². The van der Waals surface area contributed by atoms with Crippen molar-refractivity contribution >= 4 is 44.8 Å². The molecule has 2 nitrogen and oxygen atoms in total. The minimum absolute atomic E-state index is 0.261. The van der Waals surface area contributed by atoms with E-state index in [4.69, 9.17) is 0 Å².